The fraction of sp³-hybridized carbons (Fsp3) is 0.0625. The van der Waals surface area contributed by atoms with Crippen LogP contribution in [-0.2, 0) is 11.2 Å². The van der Waals surface area contributed by atoms with E-state index in [1.165, 1.54) is 17.2 Å². The standard InChI is InChI=1S/C16H14OS/c17-16(18)11-10-13-6-8-15(9-7-13)12-14-4-2-1-3-5-14/h1-11H,12H2,(H,17,18). The van der Waals surface area contributed by atoms with Gasteiger partial charge in [0.25, 0.3) is 0 Å². The van der Waals surface area contributed by atoms with E-state index < -0.39 is 0 Å². The molecule has 18 heavy (non-hydrogen) atoms. The lowest BCUT2D eigenvalue weighted by Gasteiger charge is -2.02. The van der Waals surface area contributed by atoms with Crippen molar-refractivity contribution < 1.29 is 4.79 Å². The highest BCUT2D eigenvalue weighted by atomic mass is 32.1. The van der Waals surface area contributed by atoms with Gasteiger partial charge in [-0.05, 0) is 29.2 Å². The molecule has 0 bridgehead atoms. The minimum atomic E-state index is -0.233. The van der Waals surface area contributed by atoms with Crippen molar-refractivity contribution >= 4 is 23.8 Å². The molecule has 90 valence electrons. The average molecular weight is 254 g/mol. The smallest absolute Gasteiger partial charge is 0.209 e. The summed E-state index contributed by atoms with van der Waals surface area (Å²) in [6, 6.07) is 18.5. The molecule has 0 N–H and O–H groups in total. The second kappa shape index (κ2) is 6.22. The van der Waals surface area contributed by atoms with Crippen molar-refractivity contribution in [2.24, 2.45) is 0 Å². The molecule has 0 aliphatic carbocycles. The lowest BCUT2D eigenvalue weighted by molar-refractivity contribution is -0.106. The Morgan fingerprint density at radius 3 is 2.17 bits per heavy atom. The number of hydrogen-bond acceptors (Lipinski definition) is 1. The van der Waals surface area contributed by atoms with Gasteiger partial charge < -0.3 is 0 Å². The van der Waals surface area contributed by atoms with Crippen molar-refractivity contribution in [2.45, 2.75) is 6.42 Å². The highest BCUT2D eigenvalue weighted by molar-refractivity contribution is 7.97. The normalized spacial score (nSPS) is 10.7. The maximum Gasteiger partial charge on any atom is 0.209 e. The number of benzene rings is 2. The van der Waals surface area contributed by atoms with Gasteiger partial charge in [-0.3, -0.25) is 4.79 Å². The summed E-state index contributed by atoms with van der Waals surface area (Å²) in [6.07, 6.45) is 4.15. The van der Waals surface area contributed by atoms with E-state index >= 15 is 0 Å². The SMILES string of the molecule is O=C(S)C=Cc1ccc(Cc2ccccc2)cc1. The molecule has 2 aromatic rings. The third-order valence-corrected chi connectivity index (χ3v) is 2.80. The van der Waals surface area contributed by atoms with E-state index in [9.17, 15) is 4.79 Å². The van der Waals surface area contributed by atoms with Crippen molar-refractivity contribution in [3.05, 3.63) is 77.4 Å². The van der Waals surface area contributed by atoms with E-state index in [4.69, 9.17) is 0 Å². The zero-order valence-corrected chi connectivity index (χ0v) is 10.8. The molecule has 0 spiro atoms. The van der Waals surface area contributed by atoms with Crippen molar-refractivity contribution in [3.8, 4) is 0 Å². The van der Waals surface area contributed by atoms with Gasteiger partial charge in [-0.2, -0.15) is 0 Å². The Labute approximate surface area is 113 Å². The van der Waals surface area contributed by atoms with Crippen LogP contribution in [0.1, 0.15) is 16.7 Å². The minimum absolute atomic E-state index is 0.233. The molecule has 0 fully saturated rings. The molecule has 0 saturated heterocycles. The Bertz CT molecular complexity index is 541. The van der Waals surface area contributed by atoms with Crippen molar-refractivity contribution in [3.63, 3.8) is 0 Å². The molecule has 0 aromatic heterocycles. The summed E-state index contributed by atoms with van der Waals surface area (Å²) < 4.78 is 0. The van der Waals surface area contributed by atoms with Gasteiger partial charge in [-0.15, -0.1) is 12.6 Å². The molecule has 0 unspecified atom stereocenters. The molecule has 1 nitrogen and oxygen atoms in total. The third kappa shape index (κ3) is 3.90. The molecule has 2 heteroatoms. The fourth-order valence-electron chi connectivity index (χ4n) is 1.75. The van der Waals surface area contributed by atoms with E-state index in [2.05, 4.69) is 36.9 Å². The fourth-order valence-corrected chi connectivity index (χ4v) is 1.82. The molecule has 0 aliphatic rings. The molecular formula is C16H14OS. The first-order valence-corrected chi connectivity index (χ1v) is 6.22. The molecule has 2 rings (SSSR count). The van der Waals surface area contributed by atoms with Gasteiger partial charge in [-0.25, -0.2) is 0 Å². The molecule has 0 atom stereocenters. The summed E-state index contributed by atoms with van der Waals surface area (Å²) in [7, 11) is 0. The third-order valence-electron chi connectivity index (χ3n) is 2.65. The second-order valence-corrected chi connectivity index (χ2v) is 4.52. The lowest BCUT2D eigenvalue weighted by Crippen LogP contribution is -1.87. The van der Waals surface area contributed by atoms with Crippen molar-refractivity contribution in [2.75, 3.05) is 0 Å². The van der Waals surface area contributed by atoms with Crippen LogP contribution in [0.4, 0.5) is 0 Å². The van der Waals surface area contributed by atoms with Gasteiger partial charge in [0.15, 0.2) is 0 Å². The largest absolute Gasteiger partial charge is 0.283 e. The quantitative estimate of drug-likeness (QED) is 0.649. The maximum absolute atomic E-state index is 10.7. The highest BCUT2D eigenvalue weighted by Crippen LogP contribution is 2.11. The van der Waals surface area contributed by atoms with Crippen LogP contribution in [0.2, 0.25) is 0 Å². The van der Waals surface area contributed by atoms with E-state index in [1.807, 2.05) is 30.3 Å². The zero-order valence-electron chi connectivity index (χ0n) is 9.91. The Morgan fingerprint density at radius 2 is 1.56 bits per heavy atom. The van der Waals surface area contributed by atoms with Gasteiger partial charge in [0, 0.05) is 0 Å². The van der Waals surface area contributed by atoms with Gasteiger partial charge >= 0.3 is 0 Å². The summed E-state index contributed by atoms with van der Waals surface area (Å²) in [5, 5.41) is -0.233. The van der Waals surface area contributed by atoms with Crippen LogP contribution < -0.4 is 0 Å². The Kier molecular flexibility index (Phi) is 4.37. The summed E-state index contributed by atoms with van der Waals surface area (Å²) in [5.74, 6) is 0. The first kappa shape index (κ1) is 12.7. The number of carbonyl (C=O) groups is 1. The Hall–Kier alpha value is -1.80. The zero-order chi connectivity index (χ0) is 12.8. The predicted octanol–water partition coefficient (Wildman–Crippen LogP) is 3.75. The molecule has 0 radical (unpaired) electrons. The summed E-state index contributed by atoms with van der Waals surface area (Å²) in [6.45, 7) is 0. The highest BCUT2D eigenvalue weighted by Gasteiger charge is 1.95. The monoisotopic (exact) mass is 254 g/mol. The number of thiol groups is 1. The summed E-state index contributed by atoms with van der Waals surface area (Å²) in [4.78, 5) is 10.7. The summed E-state index contributed by atoms with van der Waals surface area (Å²) >= 11 is 3.69. The van der Waals surface area contributed by atoms with E-state index in [1.54, 1.807) is 6.08 Å². The van der Waals surface area contributed by atoms with Crippen LogP contribution >= 0.6 is 12.6 Å². The van der Waals surface area contributed by atoms with Crippen LogP contribution in [0.25, 0.3) is 6.08 Å². The van der Waals surface area contributed by atoms with Gasteiger partial charge in [0.1, 0.15) is 0 Å². The topological polar surface area (TPSA) is 17.1 Å². The van der Waals surface area contributed by atoms with Crippen LogP contribution in [-0.4, -0.2) is 5.12 Å². The molecule has 0 amide bonds. The Balaban J connectivity index is 2.06. The predicted molar refractivity (Wildman–Crippen MR) is 78.7 cm³/mol. The first-order chi connectivity index (χ1) is 8.74. The van der Waals surface area contributed by atoms with Gasteiger partial charge in [0.05, 0.1) is 0 Å². The average Bonchev–Trinajstić information content (AvgIpc) is 2.39. The molecular weight excluding hydrogens is 240 g/mol. The number of carbonyl (C=O) groups excluding carboxylic acids is 1. The maximum atomic E-state index is 10.7. The molecule has 2 aromatic carbocycles. The summed E-state index contributed by atoms with van der Waals surface area (Å²) in [5.41, 5.74) is 3.57. The van der Waals surface area contributed by atoms with Crippen LogP contribution in [0, 0.1) is 0 Å². The van der Waals surface area contributed by atoms with E-state index in [0.717, 1.165) is 12.0 Å². The molecule has 0 heterocycles. The van der Waals surface area contributed by atoms with Crippen LogP contribution in [0.5, 0.6) is 0 Å². The van der Waals surface area contributed by atoms with E-state index in [-0.39, 0.29) is 5.12 Å². The second-order valence-electron chi connectivity index (χ2n) is 4.08. The van der Waals surface area contributed by atoms with Crippen LogP contribution in [0.15, 0.2) is 60.7 Å². The van der Waals surface area contributed by atoms with E-state index in [0.29, 0.717) is 0 Å². The number of hydrogen-bond donors (Lipinski definition) is 1. The van der Waals surface area contributed by atoms with Gasteiger partial charge in [0.2, 0.25) is 5.12 Å². The lowest BCUT2D eigenvalue weighted by atomic mass is 10.0. The minimum Gasteiger partial charge on any atom is -0.283 e. The first-order valence-electron chi connectivity index (χ1n) is 5.78. The van der Waals surface area contributed by atoms with Gasteiger partial charge in [-0.1, -0.05) is 60.7 Å². The molecule has 0 aliphatic heterocycles. The van der Waals surface area contributed by atoms with Crippen LogP contribution in [0.3, 0.4) is 0 Å². The van der Waals surface area contributed by atoms with Crippen molar-refractivity contribution in [1.82, 2.24) is 0 Å². The number of rotatable bonds is 4. The van der Waals surface area contributed by atoms with Crippen molar-refractivity contribution in [1.29, 1.82) is 0 Å². The Morgan fingerprint density at radius 1 is 0.944 bits per heavy atom. The molecule has 0 saturated carbocycles.